The summed E-state index contributed by atoms with van der Waals surface area (Å²) >= 11 is 0.966. The average Bonchev–Trinajstić information content (AvgIpc) is 3.13. The second-order valence-electron chi connectivity index (χ2n) is 5.90. The Labute approximate surface area is 181 Å². The van der Waals surface area contributed by atoms with Crippen LogP contribution in [0, 0.1) is 0 Å². The van der Waals surface area contributed by atoms with Crippen molar-refractivity contribution < 1.29 is 28.6 Å². The van der Waals surface area contributed by atoms with E-state index in [1.807, 2.05) is 0 Å². The van der Waals surface area contributed by atoms with Gasteiger partial charge in [-0.1, -0.05) is 18.2 Å². The number of rotatable bonds is 6. The number of thioether (sulfide) groups is 1. The summed E-state index contributed by atoms with van der Waals surface area (Å²) in [6, 6.07) is 13.5. The van der Waals surface area contributed by atoms with Crippen molar-refractivity contribution in [3.63, 3.8) is 0 Å². The summed E-state index contributed by atoms with van der Waals surface area (Å²) in [7, 11) is 2.68. The molecular formula is C21H17N3O6S. The van der Waals surface area contributed by atoms with Gasteiger partial charge in [-0.3, -0.25) is 10.1 Å². The van der Waals surface area contributed by atoms with E-state index in [0.717, 1.165) is 17.8 Å². The Balaban J connectivity index is 1.69. The Morgan fingerprint density at radius 1 is 1.06 bits per heavy atom. The first-order valence-electron chi connectivity index (χ1n) is 8.85. The molecule has 0 aliphatic carbocycles. The van der Waals surface area contributed by atoms with Gasteiger partial charge in [-0.25, -0.2) is 9.59 Å². The van der Waals surface area contributed by atoms with Crippen LogP contribution in [-0.2, 0) is 14.3 Å². The van der Waals surface area contributed by atoms with Gasteiger partial charge < -0.3 is 14.2 Å². The smallest absolute Gasteiger partial charge is 0.343 e. The van der Waals surface area contributed by atoms with Crippen molar-refractivity contribution in [3.05, 3.63) is 70.6 Å². The zero-order chi connectivity index (χ0) is 22.2. The Morgan fingerprint density at radius 2 is 1.84 bits per heavy atom. The highest BCUT2D eigenvalue weighted by Crippen LogP contribution is 2.28. The van der Waals surface area contributed by atoms with E-state index in [4.69, 9.17) is 9.47 Å². The molecule has 158 valence electrons. The SMILES string of the molecule is COC(=O)/C=C1/S/C(=N\N=Cc2ccc(OC(=O)c3ccccc3)c(OC)c2)NC1=O. The number of amides is 1. The molecule has 2 aromatic carbocycles. The van der Waals surface area contributed by atoms with Crippen molar-refractivity contribution in [1.82, 2.24) is 5.32 Å². The summed E-state index contributed by atoms with van der Waals surface area (Å²) in [5.41, 5.74) is 1.04. The fourth-order valence-electron chi connectivity index (χ4n) is 2.37. The van der Waals surface area contributed by atoms with E-state index in [0.29, 0.717) is 16.9 Å². The predicted molar refractivity (Wildman–Crippen MR) is 115 cm³/mol. The minimum absolute atomic E-state index is 0.159. The van der Waals surface area contributed by atoms with E-state index < -0.39 is 17.8 Å². The van der Waals surface area contributed by atoms with Crippen molar-refractivity contribution in [3.8, 4) is 11.5 Å². The second kappa shape index (κ2) is 10.2. The maximum Gasteiger partial charge on any atom is 0.343 e. The van der Waals surface area contributed by atoms with Gasteiger partial charge in [-0.2, -0.15) is 5.10 Å². The van der Waals surface area contributed by atoms with Gasteiger partial charge in [0.2, 0.25) is 0 Å². The highest BCUT2D eigenvalue weighted by atomic mass is 32.2. The molecule has 0 atom stereocenters. The third kappa shape index (κ3) is 5.80. The number of esters is 2. The molecule has 2 aromatic rings. The van der Waals surface area contributed by atoms with Crippen molar-refractivity contribution >= 4 is 41.0 Å². The molecule has 1 aliphatic heterocycles. The second-order valence-corrected chi connectivity index (χ2v) is 6.93. The number of carbonyl (C=O) groups is 3. The van der Waals surface area contributed by atoms with Crippen molar-refractivity contribution in [1.29, 1.82) is 0 Å². The van der Waals surface area contributed by atoms with E-state index in [-0.39, 0.29) is 15.8 Å². The van der Waals surface area contributed by atoms with E-state index in [1.165, 1.54) is 20.4 Å². The predicted octanol–water partition coefficient (Wildman–Crippen LogP) is 2.52. The normalized spacial score (nSPS) is 15.9. The first-order chi connectivity index (χ1) is 15.0. The summed E-state index contributed by atoms with van der Waals surface area (Å²) in [5.74, 6) is -1.00. The minimum Gasteiger partial charge on any atom is -0.493 e. The molecule has 0 aromatic heterocycles. The number of ether oxygens (including phenoxy) is 3. The van der Waals surface area contributed by atoms with Crippen molar-refractivity contribution in [2.45, 2.75) is 0 Å². The molecule has 9 nitrogen and oxygen atoms in total. The molecule has 1 N–H and O–H groups in total. The van der Waals surface area contributed by atoms with Crippen LogP contribution < -0.4 is 14.8 Å². The molecule has 0 bridgehead atoms. The number of benzene rings is 2. The molecule has 1 heterocycles. The molecule has 0 spiro atoms. The standard InChI is InChI=1S/C21H17N3O6S/c1-28-16-10-13(8-9-15(16)30-20(27)14-6-4-3-5-7-14)12-22-24-21-23-19(26)17(31-21)11-18(25)29-2/h3-12H,1-2H3,(H,23,24,26)/b17-11+,22-12?. The van der Waals surface area contributed by atoms with E-state index in [9.17, 15) is 14.4 Å². The highest BCUT2D eigenvalue weighted by molar-refractivity contribution is 8.18. The van der Waals surface area contributed by atoms with Gasteiger partial charge in [0.1, 0.15) is 0 Å². The molecule has 10 heteroatoms. The van der Waals surface area contributed by atoms with Crippen LogP contribution in [0.2, 0.25) is 0 Å². The zero-order valence-corrected chi connectivity index (χ0v) is 17.3. The van der Waals surface area contributed by atoms with Gasteiger partial charge in [0.05, 0.1) is 30.9 Å². The van der Waals surface area contributed by atoms with Crippen LogP contribution in [0.25, 0.3) is 0 Å². The Bertz CT molecular complexity index is 1100. The molecule has 1 saturated heterocycles. The maximum atomic E-state index is 12.2. The van der Waals surface area contributed by atoms with Gasteiger partial charge in [0, 0.05) is 6.08 Å². The topological polar surface area (TPSA) is 116 Å². The fraction of sp³-hybridized carbons (Fsp3) is 0.0952. The minimum atomic E-state index is -0.637. The number of amidine groups is 1. The molecule has 3 rings (SSSR count). The summed E-state index contributed by atoms with van der Waals surface area (Å²) in [5, 5.41) is 10.6. The molecule has 0 radical (unpaired) electrons. The van der Waals surface area contributed by atoms with Gasteiger partial charge in [-0.05, 0) is 47.7 Å². The molecule has 0 saturated carbocycles. The van der Waals surface area contributed by atoms with Crippen LogP contribution in [0.4, 0.5) is 0 Å². The van der Waals surface area contributed by atoms with Crippen LogP contribution in [-0.4, -0.2) is 43.4 Å². The monoisotopic (exact) mass is 439 g/mol. The van der Waals surface area contributed by atoms with Crippen LogP contribution in [0.1, 0.15) is 15.9 Å². The Morgan fingerprint density at radius 3 is 2.55 bits per heavy atom. The Kier molecular flexibility index (Phi) is 7.17. The van der Waals surface area contributed by atoms with Gasteiger partial charge >= 0.3 is 11.9 Å². The lowest BCUT2D eigenvalue weighted by Crippen LogP contribution is -2.19. The summed E-state index contributed by atoms with van der Waals surface area (Å²) in [4.78, 5) is 35.4. The average molecular weight is 439 g/mol. The van der Waals surface area contributed by atoms with Gasteiger partial charge in [0.25, 0.3) is 5.91 Å². The first kappa shape index (κ1) is 21.8. The number of hydrogen-bond acceptors (Lipinski definition) is 9. The number of methoxy groups -OCH3 is 2. The molecule has 31 heavy (non-hydrogen) atoms. The van der Waals surface area contributed by atoms with Crippen LogP contribution in [0.15, 0.2) is 69.7 Å². The molecule has 0 unspecified atom stereocenters. The summed E-state index contributed by atoms with van der Waals surface area (Å²) in [6.45, 7) is 0. The Hall–Kier alpha value is -3.92. The largest absolute Gasteiger partial charge is 0.493 e. The maximum absolute atomic E-state index is 12.2. The van der Waals surface area contributed by atoms with Crippen LogP contribution in [0.5, 0.6) is 11.5 Å². The van der Waals surface area contributed by atoms with Crippen LogP contribution >= 0.6 is 11.8 Å². The zero-order valence-electron chi connectivity index (χ0n) is 16.5. The quantitative estimate of drug-likeness (QED) is 0.242. The molecule has 1 amide bonds. The molecule has 1 fully saturated rings. The lowest BCUT2D eigenvalue weighted by atomic mass is 10.2. The molecular weight excluding hydrogens is 422 g/mol. The molecule has 1 aliphatic rings. The number of nitrogens with one attached hydrogen (secondary N) is 1. The van der Waals surface area contributed by atoms with E-state index in [1.54, 1.807) is 48.5 Å². The lowest BCUT2D eigenvalue weighted by molar-refractivity contribution is -0.135. The highest BCUT2D eigenvalue weighted by Gasteiger charge is 2.25. The first-order valence-corrected chi connectivity index (χ1v) is 9.67. The van der Waals surface area contributed by atoms with Crippen molar-refractivity contribution in [2.24, 2.45) is 10.2 Å². The van der Waals surface area contributed by atoms with Crippen molar-refractivity contribution in [2.75, 3.05) is 14.2 Å². The number of carbonyl (C=O) groups excluding carboxylic acids is 3. The van der Waals surface area contributed by atoms with E-state index >= 15 is 0 Å². The lowest BCUT2D eigenvalue weighted by Gasteiger charge is -2.09. The van der Waals surface area contributed by atoms with Crippen LogP contribution in [0.3, 0.4) is 0 Å². The third-order valence-electron chi connectivity index (χ3n) is 3.86. The van der Waals surface area contributed by atoms with Gasteiger partial charge in [0.15, 0.2) is 16.7 Å². The third-order valence-corrected chi connectivity index (χ3v) is 4.76. The van der Waals surface area contributed by atoms with Gasteiger partial charge in [-0.15, -0.1) is 5.10 Å². The fourth-order valence-corrected chi connectivity index (χ4v) is 3.11. The summed E-state index contributed by atoms with van der Waals surface area (Å²) < 4.78 is 15.2. The number of nitrogens with zero attached hydrogens (tertiary/aromatic N) is 2. The summed E-state index contributed by atoms with van der Waals surface area (Å²) in [6.07, 6.45) is 2.51. The number of hydrogen-bond donors (Lipinski definition) is 1. The van der Waals surface area contributed by atoms with E-state index in [2.05, 4.69) is 20.3 Å².